The van der Waals surface area contributed by atoms with Crippen molar-refractivity contribution in [2.24, 2.45) is 5.92 Å². The Morgan fingerprint density at radius 3 is 2.44 bits per heavy atom. The van der Waals surface area contributed by atoms with E-state index in [9.17, 15) is 4.79 Å². The van der Waals surface area contributed by atoms with Gasteiger partial charge in [0.25, 0.3) is 0 Å². The topological polar surface area (TPSA) is 26.3 Å². The van der Waals surface area contributed by atoms with Crippen LogP contribution in [0.4, 0.5) is 0 Å². The van der Waals surface area contributed by atoms with Gasteiger partial charge in [0.1, 0.15) is 0 Å². The van der Waals surface area contributed by atoms with Crippen molar-refractivity contribution >= 4 is 5.97 Å². The highest BCUT2D eigenvalue weighted by atomic mass is 16.5. The monoisotopic (exact) mass is 224 g/mol. The van der Waals surface area contributed by atoms with Crippen LogP contribution in [0.3, 0.4) is 0 Å². The summed E-state index contributed by atoms with van der Waals surface area (Å²) in [7, 11) is 0. The molecule has 0 saturated carbocycles. The molecule has 0 bridgehead atoms. The fourth-order valence-corrected chi connectivity index (χ4v) is 1.28. The Morgan fingerprint density at radius 1 is 1.31 bits per heavy atom. The third kappa shape index (κ3) is 8.27. The largest absolute Gasteiger partial charge is 0.462 e. The molecule has 92 valence electrons. The number of allylic oxidation sites excluding steroid dienone is 2. The second-order valence-electron chi connectivity index (χ2n) is 4.67. The Kier molecular flexibility index (Phi) is 7.61. The molecule has 0 aromatic carbocycles. The van der Waals surface area contributed by atoms with Gasteiger partial charge in [-0.2, -0.15) is 0 Å². The fraction of sp³-hybridized carbons (Fsp3) is 0.643. The van der Waals surface area contributed by atoms with E-state index in [4.69, 9.17) is 4.74 Å². The molecule has 0 N–H and O–H groups in total. The van der Waals surface area contributed by atoms with Crippen LogP contribution in [0.1, 0.15) is 47.0 Å². The highest BCUT2D eigenvalue weighted by molar-refractivity contribution is 5.86. The van der Waals surface area contributed by atoms with E-state index in [0.717, 1.165) is 19.3 Å². The lowest BCUT2D eigenvalue weighted by atomic mass is 10.0. The normalized spacial score (nSPS) is 11.8. The maximum absolute atomic E-state index is 11.1. The molecule has 1 atom stereocenters. The first-order valence-electron chi connectivity index (χ1n) is 5.89. The zero-order valence-corrected chi connectivity index (χ0v) is 11.0. The van der Waals surface area contributed by atoms with Crippen LogP contribution in [-0.4, -0.2) is 12.6 Å². The minimum Gasteiger partial charge on any atom is -0.462 e. The number of hydrogen-bond acceptors (Lipinski definition) is 2. The highest BCUT2D eigenvalue weighted by Crippen LogP contribution is 2.12. The van der Waals surface area contributed by atoms with Gasteiger partial charge in [0.2, 0.25) is 0 Å². The Bertz CT molecular complexity index is 260. The number of carbonyl (C=O) groups is 1. The molecule has 0 aliphatic heterocycles. The molecule has 0 heterocycles. The fourth-order valence-electron chi connectivity index (χ4n) is 1.28. The van der Waals surface area contributed by atoms with Crippen LogP contribution < -0.4 is 0 Å². The van der Waals surface area contributed by atoms with E-state index in [1.165, 1.54) is 5.57 Å². The minimum absolute atomic E-state index is 0.281. The highest BCUT2D eigenvalue weighted by Gasteiger charge is 2.05. The molecule has 2 heteroatoms. The van der Waals surface area contributed by atoms with Gasteiger partial charge in [0.15, 0.2) is 0 Å². The molecule has 0 spiro atoms. The zero-order chi connectivity index (χ0) is 12.6. The number of ether oxygens (including phenoxy) is 1. The summed E-state index contributed by atoms with van der Waals surface area (Å²) in [5.41, 5.74) is 1.83. The van der Waals surface area contributed by atoms with Crippen molar-refractivity contribution in [3.05, 3.63) is 23.8 Å². The average Bonchev–Trinajstić information content (AvgIpc) is 2.16. The van der Waals surface area contributed by atoms with E-state index in [1.54, 1.807) is 6.92 Å². The van der Waals surface area contributed by atoms with Crippen LogP contribution in [0.15, 0.2) is 23.8 Å². The van der Waals surface area contributed by atoms with E-state index in [-0.39, 0.29) is 5.97 Å². The minimum atomic E-state index is -0.281. The van der Waals surface area contributed by atoms with Crippen molar-refractivity contribution in [3.8, 4) is 0 Å². The van der Waals surface area contributed by atoms with Gasteiger partial charge in [0.05, 0.1) is 6.61 Å². The second-order valence-corrected chi connectivity index (χ2v) is 4.67. The summed E-state index contributed by atoms with van der Waals surface area (Å²) in [6.07, 6.45) is 5.43. The number of rotatable bonds is 7. The summed E-state index contributed by atoms with van der Waals surface area (Å²) in [6.45, 7) is 12.1. The van der Waals surface area contributed by atoms with Crippen LogP contribution in [0.2, 0.25) is 0 Å². The Morgan fingerprint density at radius 2 is 1.94 bits per heavy atom. The molecule has 0 aromatic rings. The summed E-state index contributed by atoms with van der Waals surface area (Å²) < 4.78 is 5.05. The number of carbonyl (C=O) groups excluding carboxylic acids is 1. The molecule has 0 amide bonds. The molecule has 16 heavy (non-hydrogen) atoms. The lowest BCUT2D eigenvalue weighted by molar-refractivity contribution is -0.139. The van der Waals surface area contributed by atoms with Crippen molar-refractivity contribution in [1.82, 2.24) is 0 Å². The molecule has 0 rings (SSSR count). The maximum Gasteiger partial charge on any atom is 0.333 e. The van der Waals surface area contributed by atoms with E-state index >= 15 is 0 Å². The third-order valence-electron chi connectivity index (χ3n) is 2.40. The van der Waals surface area contributed by atoms with Gasteiger partial charge in [-0.05, 0) is 46.0 Å². The molecule has 1 unspecified atom stereocenters. The molecule has 0 aromatic heterocycles. The van der Waals surface area contributed by atoms with E-state index in [2.05, 4.69) is 33.4 Å². The molecule has 0 aliphatic carbocycles. The molecule has 2 nitrogen and oxygen atoms in total. The first kappa shape index (κ1) is 14.9. The maximum atomic E-state index is 11.1. The molecule has 0 saturated heterocycles. The lowest BCUT2D eigenvalue weighted by Gasteiger charge is -2.10. The van der Waals surface area contributed by atoms with Gasteiger partial charge in [-0.3, -0.25) is 0 Å². The molecule has 0 fully saturated rings. The SMILES string of the molecule is C=C(C)C(=O)OCCC(C)CCC=C(C)C. The summed E-state index contributed by atoms with van der Waals surface area (Å²) in [5, 5.41) is 0. The van der Waals surface area contributed by atoms with Crippen LogP contribution >= 0.6 is 0 Å². The quantitative estimate of drug-likeness (QED) is 0.373. The van der Waals surface area contributed by atoms with Crippen molar-refractivity contribution in [3.63, 3.8) is 0 Å². The van der Waals surface area contributed by atoms with Crippen molar-refractivity contribution in [1.29, 1.82) is 0 Å². The third-order valence-corrected chi connectivity index (χ3v) is 2.40. The van der Waals surface area contributed by atoms with Crippen molar-refractivity contribution in [2.75, 3.05) is 6.61 Å². The summed E-state index contributed by atoms with van der Waals surface area (Å²) in [5.74, 6) is 0.310. The summed E-state index contributed by atoms with van der Waals surface area (Å²) >= 11 is 0. The Balaban J connectivity index is 3.58. The van der Waals surface area contributed by atoms with Gasteiger partial charge < -0.3 is 4.74 Å². The van der Waals surface area contributed by atoms with Gasteiger partial charge in [-0.15, -0.1) is 0 Å². The zero-order valence-electron chi connectivity index (χ0n) is 11.0. The Labute approximate surface area is 99.4 Å². The average molecular weight is 224 g/mol. The van der Waals surface area contributed by atoms with Crippen LogP contribution in [0, 0.1) is 5.92 Å². The van der Waals surface area contributed by atoms with Gasteiger partial charge >= 0.3 is 5.97 Å². The molecular weight excluding hydrogens is 200 g/mol. The molecule has 0 radical (unpaired) electrons. The first-order chi connectivity index (χ1) is 7.43. The van der Waals surface area contributed by atoms with Gasteiger partial charge in [0, 0.05) is 5.57 Å². The predicted octanol–water partition coefficient (Wildman–Crippen LogP) is 3.88. The standard InChI is InChI=1S/C14H24O2/c1-11(2)7-6-8-13(5)9-10-16-14(15)12(3)4/h7,13H,3,6,8-10H2,1-2,4-5H3. The van der Waals surface area contributed by atoms with E-state index in [0.29, 0.717) is 18.1 Å². The van der Waals surface area contributed by atoms with E-state index < -0.39 is 0 Å². The van der Waals surface area contributed by atoms with Crippen LogP contribution in [0.25, 0.3) is 0 Å². The van der Waals surface area contributed by atoms with Crippen molar-refractivity contribution in [2.45, 2.75) is 47.0 Å². The molecule has 0 aliphatic rings. The molecular formula is C14H24O2. The first-order valence-corrected chi connectivity index (χ1v) is 5.89. The second kappa shape index (κ2) is 8.14. The lowest BCUT2D eigenvalue weighted by Crippen LogP contribution is -2.08. The van der Waals surface area contributed by atoms with Crippen molar-refractivity contribution < 1.29 is 9.53 Å². The number of hydrogen-bond donors (Lipinski definition) is 0. The Hall–Kier alpha value is -1.05. The summed E-state index contributed by atoms with van der Waals surface area (Å²) in [6, 6.07) is 0. The van der Waals surface area contributed by atoms with Crippen LogP contribution in [0.5, 0.6) is 0 Å². The van der Waals surface area contributed by atoms with Gasteiger partial charge in [-0.25, -0.2) is 4.79 Å². The van der Waals surface area contributed by atoms with Crippen LogP contribution in [-0.2, 0) is 9.53 Å². The smallest absolute Gasteiger partial charge is 0.333 e. The van der Waals surface area contributed by atoms with E-state index in [1.807, 2.05) is 0 Å². The number of esters is 1. The summed E-state index contributed by atoms with van der Waals surface area (Å²) in [4.78, 5) is 11.1. The van der Waals surface area contributed by atoms with Gasteiger partial charge in [-0.1, -0.05) is 25.2 Å². The predicted molar refractivity (Wildman–Crippen MR) is 68.2 cm³/mol.